The van der Waals surface area contributed by atoms with Gasteiger partial charge < -0.3 is 0 Å². The number of benzene rings is 1. The summed E-state index contributed by atoms with van der Waals surface area (Å²) in [6.45, 7) is 2.24. The number of hydrogen-bond donors (Lipinski definition) is 0. The molecule has 1 saturated carbocycles. The lowest BCUT2D eigenvalue weighted by Crippen LogP contribution is -2.45. The molecular formula is C23H24F4N2. The second-order valence-corrected chi connectivity index (χ2v) is 9.14. The number of halogens is 4. The Kier molecular flexibility index (Phi) is 4.20. The van der Waals surface area contributed by atoms with Crippen LogP contribution in [0.4, 0.5) is 17.6 Å². The molecule has 1 aromatic heterocycles. The number of rotatable bonds is 1. The standard InChI is InChI=1S/C23H24F4N2/c1-22-12-15-13-28-29(19-7-5-18(24)6-8-19)21(15)11-16(22)3-2-14-10-17(23(25,26)27)4-9-20(14)22/h5-9,13-14,16-17H,2-4,10-12H2,1H3/t14?,16-,17?,22+/m1/s1. The van der Waals surface area contributed by atoms with Crippen LogP contribution in [0.25, 0.3) is 5.69 Å². The van der Waals surface area contributed by atoms with Crippen LogP contribution in [0, 0.1) is 29.0 Å². The summed E-state index contributed by atoms with van der Waals surface area (Å²) in [5.74, 6) is -1.03. The van der Waals surface area contributed by atoms with Crippen LogP contribution in [-0.4, -0.2) is 16.0 Å². The van der Waals surface area contributed by atoms with Gasteiger partial charge in [-0.25, -0.2) is 9.07 Å². The number of alkyl halides is 3. The summed E-state index contributed by atoms with van der Waals surface area (Å²) in [7, 11) is 0. The molecule has 5 rings (SSSR count). The van der Waals surface area contributed by atoms with Gasteiger partial charge in [-0.05, 0) is 85.6 Å². The molecule has 0 bridgehead atoms. The van der Waals surface area contributed by atoms with Gasteiger partial charge in [0.05, 0.1) is 17.8 Å². The van der Waals surface area contributed by atoms with Gasteiger partial charge in [-0.3, -0.25) is 0 Å². The molecule has 1 aromatic carbocycles. The van der Waals surface area contributed by atoms with Crippen molar-refractivity contribution < 1.29 is 17.6 Å². The average molecular weight is 404 g/mol. The number of fused-ring (bicyclic) bond motifs is 4. The molecule has 0 spiro atoms. The molecule has 2 nitrogen and oxygen atoms in total. The lowest BCUT2D eigenvalue weighted by atomic mass is 9.53. The van der Waals surface area contributed by atoms with Crippen LogP contribution in [0.1, 0.15) is 43.9 Å². The zero-order chi connectivity index (χ0) is 20.4. The molecule has 2 aromatic rings. The Hall–Kier alpha value is -2.11. The Labute approximate surface area is 167 Å². The van der Waals surface area contributed by atoms with Crippen LogP contribution < -0.4 is 0 Å². The highest BCUT2D eigenvalue weighted by Gasteiger charge is 2.51. The van der Waals surface area contributed by atoms with Crippen molar-refractivity contribution in [2.75, 3.05) is 0 Å². The third-order valence-electron chi connectivity index (χ3n) is 7.54. The van der Waals surface area contributed by atoms with E-state index in [4.69, 9.17) is 0 Å². The third-order valence-corrected chi connectivity index (χ3v) is 7.54. The highest BCUT2D eigenvalue weighted by molar-refractivity contribution is 5.40. The average Bonchev–Trinajstić information content (AvgIpc) is 3.07. The van der Waals surface area contributed by atoms with E-state index < -0.39 is 12.1 Å². The Balaban J connectivity index is 1.47. The summed E-state index contributed by atoms with van der Waals surface area (Å²) >= 11 is 0. The number of allylic oxidation sites excluding steroid dienone is 2. The minimum Gasteiger partial charge on any atom is -0.238 e. The Bertz CT molecular complexity index is 956. The number of aromatic nitrogens is 2. The van der Waals surface area contributed by atoms with Crippen molar-refractivity contribution >= 4 is 0 Å². The van der Waals surface area contributed by atoms with Gasteiger partial charge in [-0.1, -0.05) is 18.6 Å². The second kappa shape index (κ2) is 6.44. The van der Waals surface area contributed by atoms with E-state index in [1.54, 1.807) is 12.1 Å². The predicted octanol–water partition coefficient (Wildman–Crippen LogP) is 6.04. The van der Waals surface area contributed by atoms with Crippen molar-refractivity contribution in [1.29, 1.82) is 0 Å². The molecule has 0 aliphatic heterocycles. The summed E-state index contributed by atoms with van der Waals surface area (Å²) in [5, 5.41) is 4.56. The minimum absolute atomic E-state index is 0.0466. The van der Waals surface area contributed by atoms with Crippen molar-refractivity contribution in [2.24, 2.45) is 23.2 Å². The molecule has 1 heterocycles. The minimum atomic E-state index is -4.10. The Morgan fingerprint density at radius 3 is 2.62 bits per heavy atom. The summed E-state index contributed by atoms with van der Waals surface area (Å²) in [6.07, 6.45) is 3.48. The summed E-state index contributed by atoms with van der Waals surface area (Å²) in [5.41, 5.74) is 4.31. The van der Waals surface area contributed by atoms with Gasteiger partial charge in [0.2, 0.25) is 0 Å². The quantitative estimate of drug-likeness (QED) is 0.418. The van der Waals surface area contributed by atoms with Crippen molar-refractivity contribution in [3.05, 3.63) is 59.2 Å². The van der Waals surface area contributed by atoms with Gasteiger partial charge in [0.15, 0.2) is 0 Å². The Morgan fingerprint density at radius 2 is 1.90 bits per heavy atom. The van der Waals surface area contributed by atoms with Gasteiger partial charge in [0.25, 0.3) is 0 Å². The van der Waals surface area contributed by atoms with E-state index in [-0.39, 0.29) is 30.0 Å². The summed E-state index contributed by atoms with van der Waals surface area (Å²) in [4.78, 5) is 0. The summed E-state index contributed by atoms with van der Waals surface area (Å²) < 4.78 is 54.9. The van der Waals surface area contributed by atoms with Crippen LogP contribution in [0.3, 0.4) is 0 Å². The number of hydrogen-bond acceptors (Lipinski definition) is 1. The lowest BCUT2D eigenvalue weighted by molar-refractivity contribution is -0.180. The fraction of sp³-hybridized carbons (Fsp3) is 0.522. The molecule has 0 amide bonds. The molecule has 0 saturated heterocycles. The predicted molar refractivity (Wildman–Crippen MR) is 102 cm³/mol. The van der Waals surface area contributed by atoms with Gasteiger partial charge in [-0.15, -0.1) is 0 Å². The van der Waals surface area contributed by atoms with Gasteiger partial charge in [0, 0.05) is 5.69 Å². The van der Waals surface area contributed by atoms with Crippen LogP contribution in [0.2, 0.25) is 0 Å². The van der Waals surface area contributed by atoms with E-state index in [2.05, 4.69) is 12.0 Å². The largest absolute Gasteiger partial charge is 0.392 e. The SMILES string of the molecule is C[C@]12Cc3cnn(-c4ccc(F)cc4)c3C[C@H]1CCC1CC(C(F)(F)F)CC=C12. The molecule has 154 valence electrons. The van der Waals surface area contributed by atoms with E-state index in [1.807, 2.05) is 17.0 Å². The van der Waals surface area contributed by atoms with Crippen LogP contribution in [-0.2, 0) is 12.8 Å². The van der Waals surface area contributed by atoms with Gasteiger partial charge >= 0.3 is 6.18 Å². The second-order valence-electron chi connectivity index (χ2n) is 9.14. The lowest BCUT2D eigenvalue weighted by Gasteiger charge is -2.52. The molecule has 6 heteroatoms. The van der Waals surface area contributed by atoms with Crippen molar-refractivity contribution in [3.63, 3.8) is 0 Å². The molecule has 3 aliphatic rings. The van der Waals surface area contributed by atoms with E-state index in [9.17, 15) is 17.6 Å². The summed E-state index contributed by atoms with van der Waals surface area (Å²) in [6, 6.07) is 6.33. The van der Waals surface area contributed by atoms with Crippen molar-refractivity contribution in [3.8, 4) is 5.69 Å². The topological polar surface area (TPSA) is 17.8 Å². The molecule has 1 fully saturated rings. The van der Waals surface area contributed by atoms with E-state index in [0.717, 1.165) is 42.6 Å². The van der Waals surface area contributed by atoms with E-state index in [1.165, 1.54) is 17.7 Å². The monoisotopic (exact) mass is 404 g/mol. The first-order valence-electron chi connectivity index (χ1n) is 10.3. The first kappa shape index (κ1) is 18.9. The van der Waals surface area contributed by atoms with Crippen molar-refractivity contribution in [2.45, 2.75) is 51.6 Å². The molecule has 29 heavy (non-hydrogen) atoms. The van der Waals surface area contributed by atoms with Crippen molar-refractivity contribution in [1.82, 2.24) is 9.78 Å². The van der Waals surface area contributed by atoms with Crippen LogP contribution >= 0.6 is 0 Å². The highest BCUT2D eigenvalue weighted by Crippen LogP contribution is 2.57. The fourth-order valence-corrected chi connectivity index (χ4v) is 5.98. The van der Waals surface area contributed by atoms with Crippen LogP contribution in [0.15, 0.2) is 42.1 Å². The number of nitrogens with zero attached hydrogens (tertiary/aromatic N) is 2. The molecular weight excluding hydrogens is 380 g/mol. The maximum absolute atomic E-state index is 13.3. The molecule has 0 radical (unpaired) electrons. The smallest absolute Gasteiger partial charge is 0.238 e. The first-order valence-corrected chi connectivity index (χ1v) is 10.3. The zero-order valence-corrected chi connectivity index (χ0v) is 16.3. The normalized spacial score (nSPS) is 31.5. The molecule has 3 aliphatic carbocycles. The first-order chi connectivity index (χ1) is 13.8. The van der Waals surface area contributed by atoms with E-state index in [0.29, 0.717) is 5.92 Å². The fourth-order valence-electron chi connectivity index (χ4n) is 5.98. The molecule has 0 N–H and O–H groups in total. The third kappa shape index (κ3) is 3.03. The Morgan fingerprint density at radius 1 is 1.14 bits per heavy atom. The molecule has 4 atom stereocenters. The van der Waals surface area contributed by atoms with Crippen LogP contribution in [0.5, 0.6) is 0 Å². The molecule has 2 unspecified atom stereocenters. The highest BCUT2D eigenvalue weighted by atomic mass is 19.4. The maximum atomic E-state index is 13.3. The van der Waals surface area contributed by atoms with Gasteiger partial charge in [0.1, 0.15) is 5.82 Å². The zero-order valence-electron chi connectivity index (χ0n) is 16.3. The maximum Gasteiger partial charge on any atom is 0.392 e. The van der Waals surface area contributed by atoms with E-state index >= 15 is 0 Å². The van der Waals surface area contributed by atoms with Gasteiger partial charge in [-0.2, -0.15) is 18.3 Å².